The summed E-state index contributed by atoms with van der Waals surface area (Å²) >= 11 is 0. The van der Waals surface area contributed by atoms with E-state index in [2.05, 4.69) is 4.74 Å². The van der Waals surface area contributed by atoms with Gasteiger partial charge in [-0.05, 0) is 12.8 Å². The van der Waals surface area contributed by atoms with Gasteiger partial charge in [-0.2, -0.15) is 0 Å². The molecule has 0 saturated carbocycles. The van der Waals surface area contributed by atoms with E-state index in [-0.39, 0.29) is 42.4 Å². The zero-order chi connectivity index (χ0) is 18.5. The molecule has 1 unspecified atom stereocenters. The quantitative estimate of drug-likeness (QED) is 0.229. The van der Waals surface area contributed by atoms with Gasteiger partial charge in [-0.15, -0.1) is 0 Å². The molecule has 0 aliphatic rings. The van der Waals surface area contributed by atoms with Crippen LogP contribution in [0.15, 0.2) is 0 Å². The maximum atomic E-state index is 12.4. The number of ether oxygens (including phenoxy) is 1. The van der Waals surface area contributed by atoms with Gasteiger partial charge in [0.15, 0.2) is 0 Å². The fourth-order valence-electron chi connectivity index (χ4n) is 2.35. The molecule has 138 valence electrons. The number of amides is 2. The first kappa shape index (κ1) is 26.3. The molecule has 0 saturated heterocycles. The molecule has 0 radical (unpaired) electrons. The summed E-state index contributed by atoms with van der Waals surface area (Å²) in [6.07, 6.45) is 4.00. The minimum absolute atomic E-state index is 0. The van der Waals surface area contributed by atoms with E-state index in [1.54, 1.807) is 0 Å². The molecular formula is C17H28NNaO6. The van der Waals surface area contributed by atoms with E-state index in [1.165, 1.54) is 0 Å². The molecule has 0 aromatic heterocycles. The minimum Gasteiger partial charge on any atom is -0.550 e. The van der Waals surface area contributed by atoms with Crippen LogP contribution >= 0.6 is 0 Å². The Kier molecular flexibility index (Phi) is 16.1. The van der Waals surface area contributed by atoms with Gasteiger partial charge < -0.3 is 14.6 Å². The monoisotopic (exact) mass is 365 g/mol. The summed E-state index contributed by atoms with van der Waals surface area (Å²) in [5.41, 5.74) is 0. The first-order valence-corrected chi connectivity index (χ1v) is 8.51. The molecule has 0 spiro atoms. The predicted octanol–water partition coefficient (Wildman–Crippen LogP) is -1.81. The number of rotatable bonds is 12. The molecular weight excluding hydrogens is 337 g/mol. The van der Waals surface area contributed by atoms with Crippen LogP contribution < -0.4 is 34.7 Å². The van der Waals surface area contributed by atoms with E-state index in [0.717, 1.165) is 37.7 Å². The van der Waals surface area contributed by atoms with Crippen LogP contribution in [0.25, 0.3) is 0 Å². The molecule has 1 atom stereocenters. The topological polar surface area (TPSA) is 104 Å². The van der Waals surface area contributed by atoms with Crippen molar-refractivity contribution in [2.75, 3.05) is 7.11 Å². The van der Waals surface area contributed by atoms with E-state index in [0.29, 0.717) is 12.8 Å². The van der Waals surface area contributed by atoms with Gasteiger partial charge in [-0.1, -0.05) is 39.5 Å². The molecule has 0 aliphatic heterocycles. The largest absolute Gasteiger partial charge is 1.00 e. The Morgan fingerprint density at radius 2 is 1.36 bits per heavy atom. The smallest absolute Gasteiger partial charge is 0.550 e. The molecule has 25 heavy (non-hydrogen) atoms. The van der Waals surface area contributed by atoms with Crippen molar-refractivity contribution in [3.63, 3.8) is 0 Å². The molecule has 0 fully saturated rings. The predicted molar refractivity (Wildman–Crippen MR) is 85.6 cm³/mol. The Morgan fingerprint density at radius 3 is 1.68 bits per heavy atom. The average molecular weight is 365 g/mol. The van der Waals surface area contributed by atoms with Crippen LogP contribution in [0.1, 0.15) is 71.6 Å². The van der Waals surface area contributed by atoms with Gasteiger partial charge in [0.05, 0.1) is 7.11 Å². The van der Waals surface area contributed by atoms with Crippen molar-refractivity contribution < 1.29 is 58.6 Å². The van der Waals surface area contributed by atoms with Gasteiger partial charge in [0.2, 0.25) is 11.8 Å². The second-order valence-corrected chi connectivity index (χ2v) is 5.69. The standard InChI is InChI=1S/C17H29NO6.Na/c1-4-6-8-10-14(19)18(15(20)11-9-7-5-2)13(12-16(21)22)17(23)24-3;/h13H,4-12H2,1-3H3,(H,21,22);/q;+1/p-1. The Labute approximate surface area is 171 Å². The number of methoxy groups -OCH3 is 1. The summed E-state index contributed by atoms with van der Waals surface area (Å²) in [7, 11) is 1.09. The number of unbranched alkanes of at least 4 members (excludes halogenated alkanes) is 4. The Hall–Kier alpha value is -0.920. The van der Waals surface area contributed by atoms with Gasteiger partial charge in [0.25, 0.3) is 0 Å². The number of carboxylic acid groups (broad SMARTS) is 1. The maximum absolute atomic E-state index is 12.4. The molecule has 0 aromatic rings. The number of carbonyl (C=O) groups excluding carboxylic acids is 4. The van der Waals surface area contributed by atoms with Crippen LogP contribution in [0.4, 0.5) is 0 Å². The van der Waals surface area contributed by atoms with Crippen LogP contribution in [0.5, 0.6) is 0 Å². The third-order valence-corrected chi connectivity index (χ3v) is 3.67. The summed E-state index contributed by atoms with van der Waals surface area (Å²) in [5, 5.41) is 10.9. The van der Waals surface area contributed by atoms with Gasteiger partial charge in [0, 0.05) is 25.2 Å². The number of hydrogen-bond acceptors (Lipinski definition) is 6. The second kappa shape index (κ2) is 15.3. The zero-order valence-electron chi connectivity index (χ0n) is 15.8. The van der Waals surface area contributed by atoms with Gasteiger partial charge in [-0.25, -0.2) is 4.79 Å². The molecule has 7 nitrogen and oxygen atoms in total. The van der Waals surface area contributed by atoms with E-state index >= 15 is 0 Å². The van der Waals surface area contributed by atoms with Crippen LogP contribution in [-0.2, 0) is 23.9 Å². The second-order valence-electron chi connectivity index (χ2n) is 5.69. The molecule has 0 aromatic carbocycles. The zero-order valence-corrected chi connectivity index (χ0v) is 17.8. The summed E-state index contributed by atoms with van der Waals surface area (Å²) < 4.78 is 4.57. The Balaban J connectivity index is 0. The third kappa shape index (κ3) is 10.6. The summed E-state index contributed by atoms with van der Waals surface area (Å²) in [6.45, 7) is 3.96. The number of carbonyl (C=O) groups is 4. The van der Waals surface area contributed by atoms with Crippen molar-refractivity contribution in [2.24, 2.45) is 0 Å². The van der Waals surface area contributed by atoms with Crippen molar-refractivity contribution in [1.82, 2.24) is 4.90 Å². The van der Waals surface area contributed by atoms with Crippen molar-refractivity contribution in [3.8, 4) is 0 Å². The molecule has 0 rings (SSSR count). The molecule has 0 aliphatic carbocycles. The van der Waals surface area contributed by atoms with Crippen molar-refractivity contribution in [2.45, 2.75) is 77.7 Å². The van der Waals surface area contributed by atoms with E-state index < -0.39 is 36.2 Å². The van der Waals surface area contributed by atoms with Crippen LogP contribution in [0.3, 0.4) is 0 Å². The molecule has 8 heteroatoms. The normalized spacial score (nSPS) is 11.2. The first-order valence-electron chi connectivity index (χ1n) is 8.51. The van der Waals surface area contributed by atoms with Crippen molar-refractivity contribution in [3.05, 3.63) is 0 Å². The molecule has 2 amide bonds. The fraction of sp³-hybridized carbons (Fsp3) is 0.765. The average Bonchev–Trinajstić information content (AvgIpc) is 2.53. The maximum Gasteiger partial charge on any atom is 1.00 e. The summed E-state index contributed by atoms with van der Waals surface area (Å²) in [6, 6.07) is -1.47. The van der Waals surface area contributed by atoms with E-state index in [9.17, 15) is 24.3 Å². The van der Waals surface area contributed by atoms with Crippen LogP contribution in [0.2, 0.25) is 0 Å². The van der Waals surface area contributed by atoms with E-state index in [4.69, 9.17) is 0 Å². The van der Waals surface area contributed by atoms with Crippen molar-refractivity contribution in [1.29, 1.82) is 0 Å². The molecule has 0 heterocycles. The summed E-state index contributed by atoms with van der Waals surface area (Å²) in [4.78, 5) is 48.4. The third-order valence-electron chi connectivity index (χ3n) is 3.67. The molecule has 0 N–H and O–H groups in total. The minimum atomic E-state index is -1.52. The van der Waals surface area contributed by atoms with Crippen LogP contribution in [-0.4, -0.2) is 41.8 Å². The van der Waals surface area contributed by atoms with Gasteiger partial charge in [-0.3, -0.25) is 14.5 Å². The Morgan fingerprint density at radius 1 is 0.920 bits per heavy atom. The van der Waals surface area contributed by atoms with Gasteiger partial charge in [0.1, 0.15) is 6.04 Å². The number of hydrogen-bond donors (Lipinski definition) is 0. The van der Waals surface area contributed by atoms with Gasteiger partial charge >= 0.3 is 35.5 Å². The molecule has 0 bridgehead atoms. The number of carboxylic acids is 1. The van der Waals surface area contributed by atoms with Crippen LogP contribution in [0, 0.1) is 0 Å². The van der Waals surface area contributed by atoms with E-state index in [1.807, 2.05) is 13.8 Å². The SMILES string of the molecule is CCCCCC(=O)N(C(=O)CCCCC)C(CC(=O)[O-])C(=O)OC.[Na+]. The first-order chi connectivity index (χ1) is 11.4. The number of esters is 1. The number of nitrogens with zero attached hydrogens (tertiary/aromatic N) is 1. The number of imide groups is 1. The summed E-state index contributed by atoms with van der Waals surface area (Å²) in [5.74, 6) is -3.52. The Bertz CT molecular complexity index is 419. The van der Waals surface area contributed by atoms with Crippen molar-refractivity contribution >= 4 is 23.8 Å². The fourth-order valence-corrected chi connectivity index (χ4v) is 2.35. The number of aliphatic carboxylic acids is 1.